The second kappa shape index (κ2) is 4.13. The van der Waals surface area contributed by atoms with Crippen LogP contribution in [0, 0.1) is 6.92 Å². The van der Waals surface area contributed by atoms with Crippen LogP contribution in [0.2, 0.25) is 0 Å². The van der Waals surface area contributed by atoms with Crippen molar-refractivity contribution < 1.29 is 9.90 Å². The van der Waals surface area contributed by atoms with Crippen LogP contribution in [0.5, 0.6) is 0 Å². The Balaban J connectivity index is 2.83. The molecule has 1 heterocycles. The number of H-pyrrole nitrogens is 1. The van der Waals surface area contributed by atoms with Crippen molar-refractivity contribution in [2.75, 3.05) is 19.3 Å². The van der Waals surface area contributed by atoms with Crippen LogP contribution in [0.25, 0.3) is 0 Å². The molecule has 1 aromatic heterocycles. The minimum Gasteiger partial charge on any atom is -0.395 e. The van der Waals surface area contributed by atoms with Crippen LogP contribution in [-0.4, -0.2) is 45.3 Å². The Kier molecular flexibility index (Phi) is 3.23. The predicted molar refractivity (Wildman–Crippen MR) is 61.0 cm³/mol. The lowest BCUT2D eigenvalue weighted by Crippen LogP contribution is -2.40. The van der Waals surface area contributed by atoms with E-state index in [4.69, 9.17) is 5.73 Å². The van der Waals surface area contributed by atoms with Gasteiger partial charge >= 0.3 is 0 Å². The van der Waals surface area contributed by atoms with Gasteiger partial charge in [-0.05, 0) is 20.8 Å². The molecular weight excluding hydrogens is 208 g/mol. The number of hydrogen-bond donors (Lipinski definition) is 3. The molecule has 0 aliphatic heterocycles. The van der Waals surface area contributed by atoms with Gasteiger partial charge in [-0.25, -0.2) is 0 Å². The van der Waals surface area contributed by atoms with Gasteiger partial charge in [-0.1, -0.05) is 0 Å². The van der Waals surface area contributed by atoms with Gasteiger partial charge in [0.2, 0.25) is 0 Å². The predicted octanol–water partition coefficient (Wildman–Crippen LogP) is 0.143. The molecule has 0 atom stereocenters. The van der Waals surface area contributed by atoms with E-state index in [1.54, 1.807) is 27.8 Å². The highest BCUT2D eigenvalue weighted by atomic mass is 16.3. The number of aliphatic hydroxyl groups is 1. The summed E-state index contributed by atoms with van der Waals surface area (Å²) in [4.78, 5) is 13.3. The maximum Gasteiger partial charge on any atom is 0.276 e. The Labute approximate surface area is 94.4 Å². The number of amides is 1. The summed E-state index contributed by atoms with van der Waals surface area (Å²) >= 11 is 0. The molecule has 0 unspecified atom stereocenters. The number of aromatic nitrogens is 2. The molecule has 0 radical (unpaired) electrons. The van der Waals surface area contributed by atoms with E-state index in [-0.39, 0.29) is 18.1 Å². The molecular formula is C10H18N4O2. The van der Waals surface area contributed by atoms with Gasteiger partial charge in [0.25, 0.3) is 5.91 Å². The largest absolute Gasteiger partial charge is 0.395 e. The van der Waals surface area contributed by atoms with Crippen LogP contribution < -0.4 is 5.73 Å². The first-order valence-corrected chi connectivity index (χ1v) is 5.00. The summed E-state index contributed by atoms with van der Waals surface area (Å²) in [6, 6.07) is 0. The third-order valence-electron chi connectivity index (χ3n) is 2.17. The summed E-state index contributed by atoms with van der Waals surface area (Å²) in [6.07, 6.45) is 0. The van der Waals surface area contributed by atoms with Crippen molar-refractivity contribution >= 4 is 11.6 Å². The van der Waals surface area contributed by atoms with Crippen molar-refractivity contribution in [2.24, 2.45) is 0 Å². The highest BCUT2D eigenvalue weighted by Gasteiger charge is 2.23. The Morgan fingerprint density at radius 2 is 2.19 bits per heavy atom. The molecule has 0 saturated heterocycles. The van der Waals surface area contributed by atoms with E-state index in [2.05, 4.69) is 10.2 Å². The number of nitrogens with zero attached hydrogens (tertiary/aromatic N) is 2. The summed E-state index contributed by atoms with van der Waals surface area (Å²) in [6.45, 7) is 5.23. The first-order chi connectivity index (χ1) is 7.22. The van der Waals surface area contributed by atoms with Gasteiger partial charge in [0.15, 0.2) is 5.69 Å². The molecule has 4 N–H and O–H groups in total. The average Bonchev–Trinajstić information content (AvgIpc) is 2.44. The van der Waals surface area contributed by atoms with E-state index >= 15 is 0 Å². The van der Waals surface area contributed by atoms with Crippen LogP contribution in [0.4, 0.5) is 5.69 Å². The number of nitrogens with one attached hydrogen (secondary N) is 1. The smallest absolute Gasteiger partial charge is 0.276 e. The number of aromatic amines is 1. The summed E-state index contributed by atoms with van der Waals surface area (Å²) in [7, 11) is 1.60. The van der Waals surface area contributed by atoms with Gasteiger partial charge in [-0.3, -0.25) is 9.89 Å². The van der Waals surface area contributed by atoms with Crippen LogP contribution in [-0.2, 0) is 0 Å². The molecule has 0 saturated carbocycles. The van der Waals surface area contributed by atoms with E-state index in [0.29, 0.717) is 11.4 Å². The second-order valence-electron chi connectivity index (χ2n) is 4.58. The fraction of sp³-hybridized carbons (Fsp3) is 0.600. The van der Waals surface area contributed by atoms with Gasteiger partial charge in [0, 0.05) is 13.6 Å². The number of hydrogen-bond acceptors (Lipinski definition) is 4. The molecule has 0 aromatic carbocycles. The lowest BCUT2D eigenvalue weighted by atomic mass is 10.1. The lowest BCUT2D eigenvalue weighted by Gasteiger charge is -2.25. The van der Waals surface area contributed by atoms with Crippen LogP contribution in [0.1, 0.15) is 30.0 Å². The van der Waals surface area contributed by atoms with E-state index in [9.17, 15) is 9.90 Å². The maximum atomic E-state index is 11.9. The van der Waals surface area contributed by atoms with E-state index in [1.165, 1.54) is 4.90 Å². The molecule has 1 rings (SSSR count). The minimum absolute atomic E-state index is 0.198. The van der Waals surface area contributed by atoms with Crippen LogP contribution in [0.15, 0.2) is 0 Å². The zero-order chi connectivity index (χ0) is 12.5. The fourth-order valence-electron chi connectivity index (χ4n) is 1.43. The Hall–Kier alpha value is -1.56. The molecule has 0 aliphatic carbocycles. The monoisotopic (exact) mass is 226 g/mol. The standard InChI is InChI=1S/C10H18N4O2/c1-6-7(11)8(13-12-6)9(15)14(4)5-10(2,3)16/h16H,5,11H2,1-4H3,(H,12,13). The van der Waals surface area contributed by atoms with Crippen LogP contribution in [0.3, 0.4) is 0 Å². The number of carbonyl (C=O) groups is 1. The molecule has 1 aromatic rings. The first-order valence-electron chi connectivity index (χ1n) is 5.00. The summed E-state index contributed by atoms with van der Waals surface area (Å²) in [5.74, 6) is -0.302. The molecule has 16 heavy (non-hydrogen) atoms. The number of carbonyl (C=O) groups excluding carboxylic acids is 1. The number of rotatable bonds is 3. The van der Waals surface area contributed by atoms with Crippen LogP contribution >= 0.6 is 0 Å². The number of nitrogens with two attached hydrogens (primary N) is 1. The molecule has 6 nitrogen and oxygen atoms in total. The number of nitrogen functional groups attached to an aromatic ring is 1. The number of aryl methyl sites for hydroxylation is 1. The van der Waals surface area contributed by atoms with E-state index < -0.39 is 5.60 Å². The van der Waals surface area contributed by atoms with Gasteiger partial charge < -0.3 is 15.7 Å². The van der Waals surface area contributed by atoms with Crippen molar-refractivity contribution in [3.63, 3.8) is 0 Å². The van der Waals surface area contributed by atoms with Gasteiger partial charge in [0.1, 0.15) is 0 Å². The van der Waals surface area contributed by atoms with E-state index in [0.717, 1.165) is 0 Å². The Bertz CT molecular complexity index is 392. The zero-order valence-corrected chi connectivity index (χ0v) is 10.0. The molecule has 6 heteroatoms. The third-order valence-corrected chi connectivity index (χ3v) is 2.17. The van der Waals surface area contributed by atoms with E-state index in [1.807, 2.05) is 0 Å². The topological polar surface area (TPSA) is 95.2 Å². The lowest BCUT2D eigenvalue weighted by molar-refractivity contribution is 0.0365. The van der Waals surface area contributed by atoms with Crippen molar-refractivity contribution in [2.45, 2.75) is 26.4 Å². The summed E-state index contributed by atoms with van der Waals surface area (Å²) < 4.78 is 0. The quantitative estimate of drug-likeness (QED) is 0.683. The molecule has 0 spiro atoms. The normalized spacial score (nSPS) is 11.6. The van der Waals surface area contributed by atoms with Gasteiger partial charge in [-0.15, -0.1) is 0 Å². The van der Waals surface area contributed by atoms with Crippen molar-refractivity contribution in [1.82, 2.24) is 15.1 Å². The SMILES string of the molecule is Cc1[nH]nc(C(=O)N(C)CC(C)(C)O)c1N. The Morgan fingerprint density at radius 3 is 2.56 bits per heavy atom. The Morgan fingerprint density at radius 1 is 1.62 bits per heavy atom. The molecule has 0 bridgehead atoms. The first kappa shape index (κ1) is 12.5. The molecule has 0 fully saturated rings. The fourth-order valence-corrected chi connectivity index (χ4v) is 1.43. The molecule has 90 valence electrons. The van der Waals surface area contributed by atoms with Crippen molar-refractivity contribution in [1.29, 1.82) is 0 Å². The minimum atomic E-state index is -0.940. The molecule has 1 amide bonds. The summed E-state index contributed by atoms with van der Waals surface area (Å²) in [5.41, 5.74) is 5.98. The van der Waals surface area contributed by atoms with Gasteiger partial charge in [-0.2, -0.15) is 5.10 Å². The van der Waals surface area contributed by atoms with Gasteiger partial charge in [0.05, 0.1) is 17.0 Å². The second-order valence-corrected chi connectivity index (χ2v) is 4.58. The van der Waals surface area contributed by atoms with Crippen molar-refractivity contribution in [3.05, 3.63) is 11.4 Å². The van der Waals surface area contributed by atoms with Crippen molar-refractivity contribution in [3.8, 4) is 0 Å². The molecule has 0 aliphatic rings. The summed E-state index contributed by atoms with van der Waals surface area (Å²) in [5, 5.41) is 16.1. The maximum absolute atomic E-state index is 11.9. The highest BCUT2D eigenvalue weighted by molar-refractivity contribution is 5.97. The average molecular weight is 226 g/mol. The number of likely N-dealkylation sites (N-methyl/N-ethyl adjacent to an activating group) is 1. The highest BCUT2D eigenvalue weighted by Crippen LogP contribution is 2.15. The zero-order valence-electron chi connectivity index (χ0n) is 10.0. The number of anilines is 1. The third kappa shape index (κ3) is 2.73.